The normalized spacial score (nSPS) is 11.2. The first-order valence-electron chi connectivity index (χ1n) is 5.39. The standard InChI is InChI=1S/C13H15NO2/c1-9(2)14-12-6-4-3-5-10(12)7-11(8-15)13(14)16/h3-7,9,15H,8H2,1-2H3. The maximum atomic E-state index is 12.1. The van der Waals surface area contributed by atoms with Crippen molar-refractivity contribution in [3.8, 4) is 0 Å². The van der Waals surface area contributed by atoms with E-state index in [-0.39, 0.29) is 18.2 Å². The summed E-state index contributed by atoms with van der Waals surface area (Å²) in [6.07, 6.45) is 0. The lowest BCUT2D eigenvalue weighted by Gasteiger charge is -2.15. The number of pyridine rings is 1. The van der Waals surface area contributed by atoms with Crippen LogP contribution in [0.2, 0.25) is 0 Å². The number of aliphatic hydroxyl groups is 1. The van der Waals surface area contributed by atoms with Crippen molar-refractivity contribution in [3.63, 3.8) is 0 Å². The van der Waals surface area contributed by atoms with Crippen molar-refractivity contribution in [1.29, 1.82) is 0 Å². The lowest BCUT2D eigenvalue weighted by Crippen LogP contribution is -2.25. The summed E-state index contributed by atoms with van der Waals surface area (Å²) in [6, 6.07) is 9.57. The van der Waals surface area contributed by atoms with Crippen LogP contribution >= 0.6 is 0 Å². The van der Waals surface area contributed by atoms with Crippen LogP contribution in [0.1, 0.15) is 25.5 Å². The molecule has 0 aliphatic carbocycles. The Hall–Kier alpha value is -1.61. The zero-order valence-corrected chi connectivity index (χ0v) is 9.47. The molecule has 0 spiro atoms. The molecule has 0 aliphatic rings. The third-order valence-electron chi connectivity index (χ3n) is 2.71. The highest BCUT2D eigenvalue weighted by atomic mass is 16.3. The summed E-state index contributed by atoms with van der Waals surface area (Å²) >= 11 is 0. The summed E-state index contributed by atoms with van der Waals surface area (Å²) in [5.74, 6) is 0. The van der Waals surface area contributed by atoms with E-state index in [0.29, 0.717) is 5.56 Å². The zero-order valence-electron chi connectivity index (χ0n) is 9.47. The van der Waals surface area contributed by atoms with Gasteiger partial charge < -0.3 is 9.67 Å². The van der Waals surface area contributed by atoms with Gasteiger partial charge in [0.05, 0.1) is 12.1 Å². The topological polar surface area (TPSA) is 42.2 Å². The van der Waals surface area contributed by atoms with E-state index in [2.05, 4.69) is 0 Å². The van der Waals surface area contributed by atoms with Gasteiger partial charge >= 0.3 is 0 Å². The molecule has 0 bridgehead atoms. The number of rotatable bonds is 2. The van der Waals surface area contributed by atoms with Gasteiger partial charge in [-0.2, -0.15) is 0 Å². The SMILES string of the molecule is CC(C)n1c(=O)c(CO)cc2ccccc21. The van der Waals surface area contributed by atoms with Crippen LogP contribution in [0.4, 0.5) is 0 Å². The molecule has 0 radical (unpaired) electrons. The number of hydrogen-bond donors (Lipinski definition) is 1. The van der Waals surface area contributed by atoms with E-state index in [9.17, 15) is 9.90 Å². The predicted molar refractivity (Wildman–Crippen MR) is 64.5 cm³/mol. The summed E-state index contributed by atoms with van der Waals surface area (Å²) in [5, 5.41) is 10.2. The summed E-state index contributed by atoms with van der Waals surface area (Å²) in [7, 11) is 0. The van der Waals surface area contributed by atoms with Crippen LogP contribution in [-0.2, 0) is 6.61 Å². The van der Waals surface area contributed by atoms with Gasteiger partial charge in [-0.15, -0.1) is 0 Å². The molecule has 1 aromatic carbocycles. The van der Waals surface area contributed by atoms with E-state index in [1.54, 1.807) is 10.6 Å². The molecule has 16 heavy (non-hydrogen) atoms. The Balaban J connectivity index is 2.91. The molecule has 0 saturated heterocycles. The van der Waals surface area contributed by atoms with Crippen LogP contribution in [0.5, 0.6) is 0 Å². The largest absolute Gasteiger partial charge is 0.391 e. The highest BCUT2D eigenvalue weighted by Gasteiger charge is 2.10. The number of aliphatic hydroxyl groups excluding tert-OH is 1. The second-order valence-corrected chi connectivity index (χ2v) is 4.16. The average Bonchev–Trinajstić information content (AvgIpc) is 2.27. The van der Waals surface area contributed by atoms with Gasteiger partial charge in [-0.05, 0) is 31.4 Å². The molecular weight excluding hydrogens is 202 g/mol. The van der Waals surface area contributed by atoms with Gasteiger partial charge in [0.2, 0.25) is 0 Å². The Morgan fingerprint density at radius 1 is 1.31 bits per heavy atom. The van der Waals surface area contributed by atoms with Crippen LogP contribution in [-0.4, -0.2) is 9.67 Å². The molecule has 84 valence electrons. The monoisotopic (exact) mass is 217 g/mol. The van der Waals surface area contributed by atoms with E-state index < -0.39 is 0 Å². The first kappa shape index (κ1) is 10.9. The second kappa shape index (κ2) is 4.10. The van der Waals surface area contributed by atoms with E-state index in [4.69, 9.17) is 0 Å². The lowest BCUT2D eigenvalue weighted by atomic mass is 10.1. The number of benzene rings is 1. The van der Waals surface area contributed by atoms with Crippen molar-refractivity contribution >= 4 is 10.9 Å². The number of para-hydroxylation sites is 1. The first-order chi connectivity index (χ1) is 7.65. The fraction of sp³-hybridized carbons (Fsp3) is 0.308. The molecule has 0 aliphatic heterocycles. The van der Waals surface area contributed by atoms with Gasteiger partial charge in [0, 0.05) is 11.6 Å². The molecule has 3 nitrogen and oxygen atoms in total. The smallest absolute Gasteiger partial charge is 0.256 e. The third kappa shape index (κ3) is 1.63. The molecule has 0 fully saturated rings. The third-order valence-corrected chi connectivity index (χ3v) is 2.71. The molecule has 2 aromatic rings. The molecule has 1 aromatic heterocycles. The Morgan fingerprint density at radius 3 is 2.62 bits per heavy atom. The highest BCUT2D eigenvalue weighted by molar-refractivity contribution is 5.79. The number of nitrogens with zero attached hydrogens (tertiary/aromatic N) is 1. The van der Waals surface area contributed by atoms with Gasteiger partial charge in [-0.3, -0.25) is 4.79 Å². The Bertz CT molecular complexity index is 570. The van der Waals surface area contributed by atoms with Crippen molar-refractivity contribution < 1.29 is 5.11 Å². The summed E-state index contributed by atoms with van der Waals surface area (Å²) in [5.41, 5.74) is 1.27. The second-order valence-electron chi connectivity index (χ2n) is 4.16. The minimum Gasteiger partial charge on any atom is -0.391 e. The quantitative estimate of drug-likeness (QED) is 0.836. The van der Waals surface area contributed by atoms with Crippen molar-refractivity contribution in [2.75, 3.05) is 0 Å². The van der Waals surface area contributed by atoms with Crippen molar-refractivity contribution in [3.05, 3.63) is 46.2 Å². The molecule has 0 unspecified atom stereocenters. The molecule has 1 heterocycles. The van der Waals surface area contributed by atoms with Crippen LogP contribution in [0.25, 0.3) is 10.9 Å². The number of hydrogen-bond acceptors (Lipinski definition) is 2. The molecule has 0 saturated carbocycles. The molecule has 1 N–H and O–H groups in total. The molecule has 0 amide bonds. The van der Waals surface area contributed by atoms with Crippen LogP contribution in [0, 0.1) is 0 Å². The maximum Gasteiger partial charge on any atom is 0.256 e. The van der Waals surface area contributed by atoms with Gasteiger partial charge in [0.1, 0.15) is 0 Å². The summed E-state index contributed by atoms with van der Waals surface area (Å²) < 4.78 is 1.72. The lowest BCUT2D eigenvalue weighted by molar-refractivity contribution is 0.279. The highest BCUT2D eigenvalue weighted by Crippen LogP contribution is 2.16. The Morgan fingerprint density at radius 2 is 2.00 bits per heavy atom. The van der Waals surface area contributed by atoms with Crippen LogP contribution < -0.4 is 5.56 Å². The minimum absolute atomic E-state index is 0.0869. The Labute approximate surface area is 94.0 Å². The van der Waals surface area contributed by atoms with E-state index >= 15 is 0 Å². The number of aromatic nitrogens is 1. The fourth-order valence-corrected chi connectivity index (χ4v) is 1.97. The van der Waals surface area contributed by atoms with Crippen molar-refractivity contribution in [2.24, 2.45) is 0 Å². The van der Waals surface area contributed by atoms with Crippen molar-refractivity contribution in [1.82, 2.24) is 4.57 Å². The van der Waals surface area contributed by atoms with Gasteiger partial charge in [-0.1, -0.05) is 18.2 Å². The summed E-state index contributed by atoms with van der Waals surface area (Å²) in [4.78, 5) is 12.1. The molecule has 3 heteroatoms. The zero-order chi connectivity index (χ0) is 11.7. The fourth-order valence-electron chi connectivity index (χ4n) is 1.97. The van der Waals surface area contributed by atoms with Gasteiger partial charge in [0.15, 0.2) is 0 Å². The molecule has 2 rings (SSSR count). The maximum absolute atomic E-state index is 12.1. The van der Waals surface area contributed by atoms with Crippen LogP contribution in [0.15, 0.2) is 35.1 Å². The predicted octanol–water partition coefficient (Wildman–Crippen LogP) is 2.07. The van der Waals surface area contributed by atoms with Crippen molar-refractivity contribution in [2.45, 2.75) is 26.5 Å². The molecule has 0 atom stereocenters. The first-order valence-corrected chi connectivity index (χ1v) is 5.39. The average molecular weight is 217 g/mol. The molecular formula is C13H15NO2. The van der Waals surface area contributed by atoms with E-state index in [0.717, 1.165) is 10.9 Å². The minimum atomic E-state index is -0.212. The van der Waals surface area contributed by atoms with E-state index in [1.807, 2.05) is 38.1 Å². The van der Waals surface area contributed by atoms with Gasteiger partial charge in [0.25, 0.3) is 5.56 Å². The van der Waals surface area contributed by atoms with Gasteiger partial charge in [-0.25, -0.2) is 0 Å². The van der Waals surface area contributed by atoms with E-state index in [1.165, 1.54) is 0 Å². The number of fused-ring (bicyclic) bond motifs is 1. The Kier molecular flexibility index (Phi) is 2.79. The summed E-state index contributed by atoms with van der Waals surface area (Å²) in [6.45, 7) is 3.72. The van der Waals surface area contributed by atoms with Crippen LogP contribution in [0.3, 0.4) is 0 Å².